The van der Waals surface area contributed by atoms with Crippen molar-refractivity contribution in [2.24, 2.45) is 4.99 Å². The van der Waals surface area contributed by atoms with E-state index in [0.29, 0.717) is 38.2 Å². The zero-order valence-electron chi connectivity index (χ0n) is 13.3. The molecule has 1 heterocycles. The van der Waals surface area contributed by atoms with Gasteiger partial charge < -0.3 is 10.1 Å². The normalized spacial score (nSPS) is 17.2. The van der Waals surface area contributed by atoms with Crippen molar-refractivity contribution in [1.29, 1.82) is 0 Å². The first-order valence-corrected chi connectivity index (χ1v) is 9.10. The first kappa shape index (κ1) is 17.9. The van der Waals surface area contributed by atoms with E-state index in [1.165, 1.54) is 11.8 Å². The number of carbonyl (C=O) groups excluding carboxylic acids is 1. The zero-order chi connectivity index (χ0) is 17.8. The first-order chi connectivity index (χ1) is 12.1. The van der Waals surface area contributed by atoms with Crippen molar-refractivity contribution in [1.82, 2.24) is 5.32 Å². The molecule has 0 aliphatic carbocycles. The largest absolute Gasteiger partial charge is 0.493 e. The van der Waals surface area contributed by atoms with Crippen molar-refractivity contribution in [3.05, 3.63) is 63.0 Å². The summed E-state index contributed by atoms with van der Waals surface area (Å²) in [5, 5.41) is 4.31. The van der Waals surface area contributed by atoms with Gasteiger partial charge >= 0.3 is 0 Å². The second-order valence-electron chi connectivity index (χ2n) is 5.05. The highest BCUT2D eigenvalue weighted by molar-refractivity contribution is 8.18. The molecule has 0 bridgehead atoms. The third kappa shape index (κ3) is 4.37. The summed E-state index contributed by atoms with van der Waals surface area (Å²) in [6.45, 7) is 2.42. The predicted octanol–water partition coefficient (Wildman–Crippen LogP) is 5.28. The van der Waals surface area contributed by atoms with E-state index >= 15 is 0 Å². The van der Waals surface area contributed by atoms with Crippen molar-refractivity contribution in [3.8, 4) is 5.75 Å². The van der Waals surface area contributed by atoms with Gasteiger partial charge in [0.1, 0.15) is 5.75 Å². The summed E-state index contributed by atoms with van der Waals surface area (Å²) in [4.78, 5) is 17.1. The van der Waals surface area contributed by atoms with Crippen molar-refractivity contribution < 1.29 is 9.53 Å². The number of carbonyl (C=O) groups is 1. The van der Waals surface area contributed by atoms with Crippen LogP contribution in [0.4, 0.5) is 5.69 Å². The predicted molar refractivity (Wildman–Crippen MR) is 105 cm³/mol. The van der Waals surface area contributed by atoms with E-state index < -0.39 is 0 Å². The van der Waals surface area contributed by atoms with Gasteiger partial charge in [-0.1, -0.05) is 35.3 Å². The number of benzene rings is 2. The third-order valence-corrected chi connectivity index (χ3v) is 4.75. The molecule has 1 aliphatic heterocycles. The molecule has 0 radical (unpaired) electrons. The van der Waals surface area contributed by atoms with Gasteiger partial charge in [-0.3, -0.25) is 4.79 Å². The summed E-state index contributed by atoms with van der Waals surface area (Å²) in [7, 11) is 0. The fourth-order valence-electron chi connectivity index (χ4n) is 2.19. The maximum Gasteiger partial charge on any atom is 0.264 e. The van der Waals surface area contributed by atoms with Crippen molar-refractivity contribution >= 4 is 57.8 Å². The highest BCUT2D eigenvalue weighted by Gasteiger charge is 2.24. The number of amidine groups is 1. The molecule has 1 aliphatic rings. The molecule has 0 spiro atoms. The average molecular weight is 393 g/mol. The van der Waals surface area contributed by atoms with Gasteiger partial charge in [0, 0.05) is 10.6 Å². The van der Waals surface area contributed by atoms with Gasteiger partial charge in [-0.15, -0.1) is 0 Å². The van der Waals surface area contributed by atoms with Crippen LogP contribution in [0.15, 0.2) is 52.4 Å². The molecule has 0 unspecified atom stereocenters. The number of hydrogen-bond donors (Lipinski definition) is 1. The van der Waals surface area contributed by atoms with Crippen LogP contribution in [-0.4, -0.2) is 17.7 Å². The molecule has 2 aromatic rings. The van der Waals surface area contributed by atoms with Gasteiger partial charge in [0.25, 0.3) is 5.91 Å². The van der Waals surface area contributed by atoms with Crippen LogP contribution in [0.2, 0.25) is 10.0 Å². The smallest absolute Gasteiger partial charge is 0.264 e. The Hall–Kier alpha value is -1.95. The fraction of sp³-hybridized carbons (Fsp3) is 0.111. The van der Waals surface area contributed by atoms with Crippen molar-refractivity contribution in [2.75, 3.05) is 6.61 Å². The molecule has 0 atom stereocenters. The molecule has 2 aromatic carbocycles. The minimum absolute atomic E-state index is 0.224. The lowest BCUT2D eigenvalue weighted by molar-refractivity contribution is -0.115. The number of thioether (sulfide) groups is 1. The van der Waals surface area contributed by atoms with E-state index in [1.807, 2.05) is 19.1 Å². The second kappa shape index (κ2) is 7.95. The molecule has 3 rings (SSSR count). The molecular weight excluding hydrogens is 379 g/mol. The number of nitrogens with one attached hydrogen (secondary N) is 1. The minimum atomic E-state index is -0.224. The highest BCUT2D eigenvalue weighted by Crippen LogP contribution is 2.33. The molecule has 1 fully saturated rings. The molecule has 4 nitrogen and oxygen atoms in total. The Morgan fingerprint density at radius 2 is 2.04 bits per heavy atom. The lowest BCUT2D eigenvalue weighted by Gasteiger charge is -2.07. The molecule has 25 heavy (non-hydrogen) atoms. The number of ether oxygens (including phenoxy) is 1. The van der Waals surface area contributed by atoms with Gasteiger partial charge in [0.2, 0.25) is 0 Å². The molecule has 128 valence electrons. The van der Waals surface area contributed by atoms with E-state index in [2.05, 4.69) is 10.3 Å². The zero-order valence-corrected chi connectivity index (χ0v) is 15.6. The van der Waals surface area contributed by atoms with Crippen LogP contribution >= 0.6 is 35.0 Å². The number of aliphatic imine (C=N–C) groups is 1. The Balaban J connectivity index is 1.90. The standard InChI is InChI=1S/C18H14Cl2N2O2S/c1-2-24-15-8-7-12(19)9-11(15)10-16-17(23)22-18(25-16)21-14-6-4-3-5-13(14)20/h3-10H,2H2,1H3,(H,21,22,23)/b16-10-. The Labute approximate surface area is 159 Å². The molecule has 7 heteroatoms. The minimum Gasteiger partial charge on any atom is -0.493 e. The van der Waals surface area contributed by atoms with Crippen LogP contribution in [-0.2, 0) is 4.79 Å². The van der Waals surface area contributed by atoms with Crippen molar-refractivity contribution in [2.45, 2.75) is 6.92 Å². The first-order valence-electron chi connectivity index (χ1n) is 7.53. The van der Waals surface area contributed by atoms with Gasteiger partial charge in [0.05, 0.1) is 22.2 Å². The van der Waals surface area contributed by atoms with Crippen LogP contribution in [0.1, 0.15) is 12.5 Å². The maximum atomic E-state index is 12.2. The number of hydrogen-bond acceptors (Lipinski definition) is 4. The number of amides is 1. The van der Waals surface area contributed by atoms with E-state index in [1.54, 1.807) is 36.4 Å². The summed E-state index contributed by atoms with van der Waals surface area (Å²) in [6, 6.07) is 12.5. The van der Waals surface area contributed by atoms with E-state index in [0.717, 1.165) is 5.56 Å². The number of para-hydroxylation sites is 1. The van der Waals surface area contributed by atoms with Crippen LogP contribution in [0.5, 0.6) is 5.75 Å². The SMILES string of the molecule is CCOc1ccc(Cl)cc1/C=C1\SC(=Nc2ccccc2Cl)NC1=O. The molecule has 1 saturated heterocycles. The summed E-state index contributed by atoms with van der Waals surface area (Å²) >= 11 is 13.4. The number of nitrogens with zero attached hydrogens (tertiary/aromatic N) is 1. The van der Waals surface area contributed by atoms with E-state index in [-0.39, 0.29) is 5.91 Å². The van der Waals surface area contributed by atoms with Gasteiger partial charge in [-0.2, -0.15) is 0 Å². The summed E-state index contributed by atoms with van der Waals surface area (Å²) < 4.78 is 5.58. The Morgan fingerprint density at radius 3 is 2.80 bits per heavy atom. The number of halogens is 2. The van der Waals surface area contributed by atoms with Gasteiger partial charge in [0.15, 0.2) is 5.17 Å². The third-order valence-electron chi connectivity index (χ3n) is 3.28. The van der Waals surface area contributed by atoms with Crippen LogP contribution in [0, 0.1) is 0 Å². The molecule has 0 aromatic heterocycles. The summed E-state index contributed by atoms with van der Waals surface area (Å²) in [5.41, 5.74) is 1.34. The molecule has 1 N–H and O–H groups in total. The highest BCUT2D eigenvalue weighted by atomic mass is 35.5. The van der Waals surface area contributed by atoms with Crippen molar-refractivity contribution in [3.63, 3.8) is 0 Å². The topological polar surface area (TPSA) is 50.7 Å². The lowest BCUT2D eigenvalue weighted by Crippen LogP contribution is -2.19. The Morgan fingerprint density at radius 1 is 1.24 bits per heavy atom. The van der Waals surface area contributed by atoms with E-state index in [4.69, 9.17) is 27.9 Å². The van der Waals surface area contributed by atoms with E-state index in [9.17, 15) is 4.79 Å². The van der Waals surface area contributed by atoms with Gasteiger partial charge in [-0.05, 0) is 55.1 Å². The fourth-order valence-corrected chi connectivity index (χ4v) is 3.38. The Kier molecular flexibility index (Phi) is 5.68. The summed E-state index contributed by atoms with van der Waals surface area (Å²) in [5.74, 6) is 0.447. The lowest BCUT2D eigenvalue weighted by atomic mass is 10.2. The van der Waals surface area contributed by atoms with Crippen LogP contribution in [0.3, 0.4) is 0 Å². The average Bonchev–Trinajstić information content (AvgIpc) is 2.92. The van der Waals surface area contributed by atoms with Crippen LogP contribution in [0.25, 0.3) is 6.08 Å². The maximum absolute atomic E-state index is 12.2. The molecule has 1 amide bonds. The summed E-state index contributed by atoms with van der Waals surface area (Å²) in [6.07, 6.45) is 1.74. The molecular formula is C18H14Cl2N2O2S. The second-order valence-corrected chi connectivity index (χ2v) is 6.92. The monoisotopic (exact) mass is 392 g/mol. The van der Waals surface area contributed by atoms with Gasteiger partial charge in [-0.25, -0.2) is 4.99 Å². The van der Waals surface area contributed by atoms with Crippen LogP contribution < -0.4 is 10.1 Å². The molecule has 0 saturated carbocycles. The quantitative estimate of drug-likeness (QED) is 0.719. The number of rotatable bonds is 4. The Bertz CT molecular complexity index is 881.